The number of hydrogen-bond donors (Lipinski definition) is 1. The van der Waals surface area contributed by atoms with Gasteiger partial charge in [-0.2, -0.15) is 0 Å². The zero-order chi connectivity index (χ0) is 13.7. The van der Waals surface area contributed by atoms with Crippen molar-refractivity contribution in [2.24, 2.45) is 0 Å². The fourth-order valence-corrected chi connectivity index (χ4v) is 1.92. The minimum Gasteiger partial charge on any atom is -0.384 e. The van der Waals surface area contributed by atoms with Crippen LogP contribution in [0.1, 0.15) is 12.7 Å². The summed E-state index contributed by atoms with van der Waals surface area (Å²) in [6.45, 7) is 3.22. The van der Waals surface area contributed by atoms with E-state index in [4.69, 9.17) is 10.5 Å². The number of ether oxygens (including phenoxy) is 1. The van der Waals surface area contributed by atoms with Gasteiger partial charge in [-0.1, -0.05) is 18.2 Å². The van der Waals surface area contributed by atoms with Crippen molar-refractivity contribution in [2.75, 3.05) is 24.3 Å². The lowest BCUT2D eigenvalue weighted by molar-refractivity contribution is 0.178. The van der Waals surface area contributed by atoms with E-state index < -0.39 is 0 Å². The molecule has 19 heavy (non-hydrogen) atoms. The third-order valence-electron chi connectivity index (χ3n) is 2.71. The van der Waals surface area contributed by atoms with Gasteiger partial charge in [0.15, 0.2) is 5.82 Å². The maximum atomic E-state index is 5.83. The highest BCUT2D eigenvalue weighted by Crippen LogP contribution is 2.24. The van der Waals surface area contributed by atoms with Gasteiger partial charge in [0.05, 0.1) is 0 Å². The topological polar surface area (TPSA) is 64.3 Å². The monoisotopic (exact) mass is 258 g/mol. The Kier molecular flexibility index (Phi) is 4.30. The maximum absolute atomic E-state index is 5.83. The molecule has 0 atom stereocenters. The summed E-state index contributed by atoms with van der Waals surface area (Å²) < 4.78 is 5.06. The van der Waals surface area contributed by atoms with Crippen LogP contribution >= 0.6 is 0 Å². The Morgan fingerprint density at radius 2 is 1.95 bits per heavy atom. The number of rotatable bonds is 5. The van der Waals surface area contributed by atoms with Gasteiger partial charge in [-0.3, -0.25) is 0 Å². The van der Waals surface area contributed by atoms with Gasteiger partial charge in [0.2, 0.25) is 0 Å². The summed E-state index contributed by atoms with van der Waals surface area (Å²) in [6, 6.07) is 11.8. The molecule has 0 amide bonds. The highest BCUT2D eigenvalue weighted by Gasteiger charge is 2.11. The van der Waals surface area contributed by atoms with Crippen molar-refractivity contribution in [1.29, 1.82) is 0 Å². The normalized spacial score (nSPS) is 10.4. The molecule has 0 saturated heterocycles. The van der Waals surface area contributed by atoms with E-state index in [0.717, 1.165) is 18.1 Å². The molecule has 0 bridgehead atoms. The first-order valence-electron chi connectivity index (χ1n) is 6.19. The lowest BCUT2D eigenvalue weighted by Crippen LogP contribution is -2.19. The van der Waals surface area contributed by atoms with Crippen LogP contribution in [0.4, 0.5) is 17.3 Å². The predicted molar refractivity (Wildman–Crippen MR) is 76.3 cm³/mol. The van der Waals surface area contributed by atoms with Gasteiger partial charge in [-0.15, -0.1) is 0 Å². The molecule has 0 fully saturated rings. The summed E-state index contributed by atoms with van der Waals surface area (Å²) in [5.74, 6) is 1.83. The minimum absolute atomic E-state index is 0.352. The number of anilines is 3. The third kappa shape index (κ3) is 3.20. The Morgan fingerprint density at radius 1 is 1.21 bits per heavy atom. The van der Waals surface area contributed by atoms with Crippen LogP contribution in [-0.4, -0.2) is 23.6 Å². The molecule has 2 N–H and O–H groups in total. The van der Waals surface area contributed by atoms with Gasteiger partial charge in [0.25, 0.3) is 0 Å². The van der Waals surface area contributed by atoms with Crippen LogP contribution in [0.2, 0.25) is 0 Å². The number of benzene rings is 1. The van der Waals surface area contributed by atoms with Crippen LogP contribution in [0.5, 0.6) is 0 Å². The predicted octanol–water partition coefficient (Wildman–Crippen LogP) is 2.36. The summed E-state index contributed by atoms with van der Waals surface area (Å²) in [5, 5.41) is 0. The summed E-state index contributed by atoms with van der Waals surface area (Å²) in [4.78, 5) is 10.7. The van der Waals surface area contributed by atoms with Gasteiger partial charge in [-0.25, -0.2) is 9.97 Å². The Balaban J connectivity index is 2.38. The molecule has 1 heterocycles. The number of nitrogens with zero attached hydrogens (tertiary/aromatic N) is 3. The lowest BCUT2D eigenvalue weighted by Gasteiger charge is -2.22. The number of methoxy groups -OCH3 is 1. The van der Waals surface area contributed by atoms with Crippen molar-refractivity contribution in [3.05, 3.63) is 42.2 Å². The van der Waals surface area contributed by atoms with E-state index in [1.807, 2.05) is 30.3 Å². The Labute approximate surface area is 113 Å². The van der Waals surface area contributed by atoms with Crippen LogP contribution in [0.15, 0.2) is 36.4 Å². The molecule has 0 saturated carbocycles. The van der Waals surface area contributed by atoms with Crippen LogP contribution < -0.4 is 10.6 Å². The average Bonchev–Trinajstić information content (AvgIpc) is 2.40. The first kappa shape index (κ1) is 13.3. The largest absolute Gasteiger partial charge is 0.384 e. The average molecular weight is 258 g/mol. The second-order valence-corrected chi connectivity index (χ2v) is 4.08. The second kappa shape index (κ2) is 6.15. The number of hydrogen-bond acceptors (Lipinski definition) is 5. The van der Waals surface area contributed by atoms with E-state index in [1.54, 1.807) is 13.2 Å². The molecule has 100 valence electrons. The van der Waals surface area contributed by atoms with Crippen molar-refractivity contribution in [3.63, 3.8) is 0 Å². The van der Waals surface area contributed by atoms with Gasteiger partial charge in [-0.05, 0) is 19.1 Å². The Hall–Kier alpha value is -2.14. The zero-order valence-corrected chi connectivity index (χ0v) is 11.2. The van der Waals surface area contributed by atoms with Crippen molar-refractivity contribution in [1.82, 2.24) is 9.97 Å². The van der Waals surface area contributed by atoms with Crippen molar-refractivity contribution in [3.8, 4) is 0 Å². The van der Waals surface area contributed by atoms with E-state index >= 15 is 0 Å². The maximum Gasteiger partial charge on any atom is 0.158 e. The van der Waals surface area contributed by atoms with E-state index in [-0.39, 0.29) is 0 Å². The number of aromatic nitrogens is 2. The van der Waals surface area contributed by atoms with Crippen molar-refractivity contribution >= 4 is 17.3 Å². The molecule has 0 radical (unpaired) electrons. The molecule has 1 aromatic carbocycles. The molecule has 0 aliphatic rings. The molecule has 0 spiro atoms. The second-order valence-electron chi connectivity index (χ2n) is 4.08. The molecular weight excluding hydrogens is 240 g/mol. The molecule has 0 unspecified atom stereocenters. The van der Waals surface area contributed by atoms with Crippen molar-refractivity contribution < 1.29 is 4.74 Å². The van der Waals surface area contributed by atoms with Crippen molar-refractivity contribution in [2.45, 2.75) is 13.5 Å². The highest BCUT2D eigenvalue weighted by atomic mass is 16.5. The third-order valence-corrected chi connectivity index (χ3v) is 2.71. The van der Waals surface area contributed by atoms with E-state index in [1.165, 1.54) is 0 Å². The van der Waals surface area contributed by atoms with Crippen LogP contribution in [0, 0.1) is 0 Å². The summed E-state index contributed by atoms with van der Waals surface area (Å²) in [7, 11) is 1.61. The summed E-state index contributed by atoms with van der Waals surface area (Å²) in [6.07, 6.45) is 0. The fraction of sp³-hybridized carbons (Fsp3) is 0.286. The lowest BCUT2D eigenvalue weighted by atomic mass is 10.3. The number of nitrogens with two attached hydrogens (primary N) is 1. The van der Waals surface area contributed by atoms with Gasteiger partial charge >= 0.3 is 0 Å². The Bertz CT molecular complexity index is 530. The number of para-hydroxylation sites is 1. The van der Waals surface area contributed by atoms with Crippen LogP contribution in [-0.2, 0) is 11.3 Å². The fourth-order valence-electron chi connectivity index (χ4n) is 1.92. The van der Waals surface area contributed by atoms with E-state index in [2.05, 4.69) is 21.8 Å². The smallest absolute Gasteiger partial charge is 0.158 e. The molecule has 0 aliphatic carbocycles. The molecular formula is C14H18N4O. The van der Waals surface area contributed by atoms with E-state index in [9.17, 15) is 0 Å². The summed E-state index contributed by atoms with van der Waals surface area (Å²) in [5.41, 5.74) is 6.90. The highest BCUT2D eigenvalue weighted by molar-refractivity contribution is 5.61. The Morgan fingerprint density at radius 3 is 2.58 bits per heavy atom. The summed E-state index contributed by atoms with van der Waals surface area (Å²) >= 11 is 0. The minimum atomic E-state index is 0.352. The standard InChI is InChI=1S/C14H18N4O/c1-3-18(11-7-5-4-6-8-11)14-9-12(15)16-13(17-14)10-19-2/h4-9H,3,10H2,1-2H3,(H2,15,16,17). The first-order chi connectivity index (χ1) is 9.24. The van der Waals surface area contributed by atoms with Gasteiger partial charge in [0, 0.05) is 25.4 Å². The first-order valence-corrected chi connectivity index (χ1v) is 6.19. The quantitative estimate of drug-likeness (QED) is 0.892. The molecule has 5 heteroatoms. The van der Waals surface area contributed by atoms with E-state index in [0.29, 0.717) is 18.2 Å². The molecule has 2 rings (SSSR count). The van der Waals surface area contributed by atoms with Gasteiger partial charge in [0.1, 0.15) is 18.2 Å². The molecule has 0 aliphatic heterocycles. The zero-order valence-electron chi connectivity index (χ0n) is 11.2. The SMILES string of the molecule is CCN(c1ccccc1)c1cc(N)nc(COC)n1. The molecule has 5 nitrogen and oxygen atoms in total. The molecule has 2 aromatic rings. The van der Waals surface area contributed by atoms with Crippen LogP contribution in [0.25, 0.3) is 0 Å². The van der Waals surface area contributed by atoms with Gasteiger partial charge < -0.3 is 15.4 Å². The van der Waals surface area contributed by atoms with Crippen LogP contribution in [0.3, 0.4) is 0 Å². The molecule has 1 aromatic heterocycles. The number of nitrogen functional groups attached to an aromatic ring is 1.